The number of benzene rings is 2. The Bertz CT molecular complexity index is 523. The summed E-state index contributed by atoms with van der Waals surface area (Å²) in [6, 6.07) is 15.5. The van der Waals surface area contributed by atoms with Crippen LogP contribution in [-0.2, 0) is 0 Å². The van der Waals surface area contributed by atoms with Crippen molar-refractivity contribution >= 4 is 0 Å². The topological polar surface area (TPSA) is 27.7 Å². The average Bonchev–Trinajstić information content (AvgIpc) is 2.44. The van der Waals surface area contributed by atoms with Crippen molar-refractivity contribution in [3.05, 3.63) is 54.1 Å². The van der Waals surface area contributed by atoms with Gasteiger partial charge in [0.2, 0.25) is 0 Å². The third kappa shape index (κ3) is 3.91. The number of aryl methyl sites for hydroxylation is 1. The molecule has 3 nitrogen and oxygen atoms in total. The van der Waals surface area contributed by atoms with Crippen LogP contribution >= 0.6 is 0 Å². The average molecular weight is 258 g/mol. The number of hydrogen-bond donors (Lipinski definition) is 0. The van der Waals surface area contributed by atoms with E-state index in [1.165, 1.54) is 5.56 Å². The van der Waals surface area contributed by atoms with Crippen molar-refractivity contribution in [3.8, 4) is 17.2 Å². The van der Waals surface area contributed by atoms with Crippen LogP contribution in [-0.4, -0.2) is 20.3 Å². The van der Waals surface area contributed by atoms with Gasteiger partial charge in [0, 0.05) is 0 Å². The summed E-state index contributed by atoms with van der Waals surface area (Å²) in [5, 5.41) is 0. The lowest BCUT2D eigenvalue weighted by molar-refractivity contribution is 0.211. The number of methoxy groups -OCH3 is 1. The first-order valence-electron chi connectivity index (χ1n) is 6.25. The van der Waals surface area contributed by atoms with Crippen LogP contribution in [0.5, 0.6) is 17.2 Å². The van der Waals surface area contributed by atoms with E-state index < -0.39 is 0 Å². The first-order chi connectivity index (χ1) is 9.29. The van der Waals surface area contributed by atoms with E-state index in [2.05, 4.69) is 0 Å². The molecule has 0 saturated heterocycles. The minimum atomic E-state index is 0.480. The molecule has 0 spiro atoms. The van der Waals surface area contributed by atoms with Crippen LogP contribution in [0.1, 0.15) is 5.56 Å². The smallest absolute Gasteiger partial charge is 0.161 e. The Balaban J connectivity index is 1.81. The maximum absolute atomic E-state index is 5.63. The van der Waals surface area contributed by atoms with E-state index in [0.29, 0.717) is 13.2 Å². The predicted molar refractivity (Wildman–Crippen MR) is 75.2 cm³/mol. The molecular formula is C16H18O3. The SMILES string of the molecule is COc1ccccc1OCCOc1cccc(C)c1. The molecule has 0 atom stereocenters. The lowest BCUT2D eigenvalue weighted by Gasteiger charge is -2.11. The summed E-state index contributed by atoms with van der Waals surface area (Å²) in [7, 11) is 1.63. The van der Waals surface area contributed by atoms with Crippen molar-refractivity contribution in [1.82, 2.24) is 0 Å². The minimum Gasteiger partial charge on any atom is -0.493 e. The zero-order valence-corrected chi connectivity index (χ0v) is 11.3. The van der Waals surface area contributed by atoms with Crippen LogP contribution in [0.4, 0.5) is 0 Å². The quantitative estimate of drug-likeness (QED) is 0.743. The number of para-hydroxylation sites is 2. The van der Waals surface area contributed by atoms with Gasteiger partial charge in [-0.15, -0.1) is 0 Å². The van der Waals surface area contributed by atoms with Gasteiger partial charge >= 0.3 is 0 Å². The molecule has 0 bridgehead atoms. The number of rotatable bonds is 6. The fraction of sp³-hybridized carbons (Fsp3) is 0.250. The van der Waals surface area contributed by atoms with Crippen LogP contribution in [0, 0.1) is 6.92 Å². The Morgan fingerprint density at radius 1 is 0.842 bits per heavy atom. The highest BCUT2D eigenvalue weighted by atomic mass is 16.5. The van der Waals surface area contributed by atoms with Gasteiger partial charge in [-0.25, -0.2) is 0 Å². The Morgan fingerprint density at radius 3 is 2.32 bits per heavy atom. The van der Waals surface area contributed by atoms with E-state index in [4.69, 9.17) is 14.2 Å². The summed E-state index contributed by atoms with van der Waals surface area (Å²) in [5.74, 6) is 2.33. The third-order valence-corrected chi connectivity index (χ3v) is 2.67. The molecule has 100 valence electrons. The van der Waals surface area contributed by atoms with Gasteiger partial charge in [-0.05, 0) is 36.8 Å². The van der Waals surface area contributed by atoms with Gasteiger partial charge in [-0.3, -0.25) is 0 Å². The fourth-order valence-electron chi connectivity index (χ4n) is 1.75. The maximum Gasteiger partial charge on any atom is 0.161 e. The lowest BCUT2D eigenvalue weighted by atomic mass is 10.2. The van der Waals surface area contributed by atoms with Crippen molar-refractivity contribution in [2.24, 2.45) is 0 Å². The van der Waals surface area contributed by atoms with Crippen molar-refractivity contribution in [1.29, 1.82) is 0 Å². The molecule has 0 saturated carbocycles. The summed E-state index contributed by atoms with van der Waals surface area (Å²) in [6.07, 6.45) is 0. The first kappa shape index (κ1) is 13.3. The second-order valence-corrected chi connectivity index (χ2v) is 4.16. The summed E-state index contributed by atoms with van der Waals surface area (Å²) in [5.41, 5.74) is 1.18. The summed E-state index contributed by atoms with van der Waals surface area (Å²) < 4.78 is 16.5. The van der Waals surface area contributed by atoms with Gasteiger partial charge in [0.25, 0.3) is 0 Å². The predicted octanol–water partition coefficient (Wildman–Crippen LogP) is 3.46. The summed E-state index contributed by atoms with van der Waals surface area (Å²) in [4.78, 5) is 0. The van der Waals surface area contributed by atoms with E-state index in [0.717, 1.165) is 17.2 Å². The maximum atomic E-state index is 5.63. The molecule has 0 fully saturated rings. The molecule has 0 aliphatic carbocycles. The highest BCUT2D eigenvalue weighted by molar-refractivity contribution is 5.39. The second kappa shape index (κ2) is 6.69. The van der Waals surface area contributed by atoms with Gasteiger partial charge < -0.3 is 14.2 Å². The zero-order chi connectivity index (χ0) is 13.5. The zero-order valence-electron chi connectivity index (χ0n) is 11.3. The first-order valence-corrected chi connectivity index (χ1v) is 6.25. The van der Waals surface area contributed by atoms with Crippen molar-refractivity contribution in [2.45, 2.75) is 6.92 Å². The highest BCUT2D eigenvalue weighted by Crippen LogP contribution is 2.25. The van der Waals surface area contributed by atoms with Gasteiger partial charge in [-0.2, -0.15) is 0 Å². The Kier molecular flexibility index (Phi) is 4.67. The molecule has 2 rings (SSSR count). The van der Waals surface area contributed by atoms with Gasteiger partial charge in [0.05, 0.1) is 7.11 Å². The molecule has 0 amide bonds. The highest BCUT2D eigenvalue weighted by Gasteiger charge is 2.02. The van der Waals surface area contributed by atoms with E-state index in [1.54, 1.807) is 7.11 Å². The van der Waals surface area contributed by atoms with Crippen molar-refractivity contribution < 1.29 is 14.2 Å². The number of hydrogen-bond acceptors (Lipinski definition) is 3. The molecule has 3 heteroatoms. The van der Waals surface area contributed by atoms with E-state index in [-0.39, 0.29) is 0 Å². The molecule has 0 radical (unpaired) electrons. The van der Waals surface area contributed by atoms with Crippen LogP contribution in [0.15, 0.2) is 48.5 Å². The Labute approximate surface area is 113 Å². The Morgan fingerprint density at radius 2 is 1.58 bits per heavy atom. The fourth-order valence-corrected chi connectivity index (χ4v) is 1.75. The normalized spacial score (nSPS) is 10.0. The molecule has 0 aliphatic rings. The van der Waals surface area contributed by atoms with Gasteiger partial charge in [-0.1, -0.05) is 24.3 Å². The molecule has 0 heterocycles. The molecule has 0 aliphatic heterocycles. The number of ether oxygens (including phenoxy) is 3. The third-order valence-electron chi connectivity index (χ3n) is 2.67. The lowest BCUT2D eigenvalue weighted by Crippen LogP contribution is -2.09. The van der Waals surface area contributed by atoms with Crippen LogP contribution in [0.3, 0.4) is 0 Å². The largest absolute Gasteiger partial charge is 0.493 e. The van der Waals surface area contributed by atoms with E-state index in [1.807, 2.05) is 55.5 Å². The van der Waals surface area contributed by atoms with Crippen molar-refractivity contribution in [2.75, 3.05) is 20.3 Å². The van der Waals surface area contributed by atoms with Crippen molar-refractivity contribution in [3.63, 3.8) is 0 Å². The molecule has 0 N–H and O–H groups in total. The molecule has 2 aromatic carbocycles. The van der Waals surface area contributed by atoms with E-state index in [9.17, 15) is 0 Å². The molecule has 0 aromatic heterocycles. The monoisotopic (exact) mass is 258 g/mol. The Hall–Kier alpha value is -2.16. The summed E-state index contributed by atoms with van der Waals surface area (Å²) in [6.45, 7) is 3.02. The van der Waals surface area contributed by atoms with Crippen LogP contribution in [0.2, 0.25) is 0 Å². The van der Waals surface area contributed by atoms with Crippen LogP contribution < -0.4 is 14.2 Å². The van der Waals surface area contributed by atoms with Gasteiger partial charge in [0.15, 0.2) is 11.5 Å². The summed E-state index contributed by atoms with van der Waals surface area (Å²) >= 11 is 0. The standard InChI is InChI=1S/C16H18O3/c1-13-6-5-7-14(12-13)18-10-11-19-16-9-4-3-8-15(16)17-2/h3-9,12H,10-11H2,1-2H3. The minimum absolute atomic E-state index is 0.480. The molecule has 2 aromatic rings. The molecule has 0 unspecified atom stereocenters. The van der Waals surface area contributed by atoms with E-state index >= 15 is 0 Å². The van der Waals surface area contributed by atoms with Crippen LogP contribution in [0.25, 0.3) is 0 Å². The second-order valence-electron chi connectivity index (χ2n) is 4.16. The molecular weight excluding hydrogens is 240 g/mol. The van der Waals surface area contributed by atoms with Gasteiger partial charge in [0.1, 0.15) is 19.0 Å². The molecule has 19 heavy (non-hydrogen) atoms.